The largest absolute Gasteiger partial charge is 0.378 e. The third-order valence-electron chi connectivity index (χ3n) is 4.82. The summed E-state index contributed by atoms with van der Waals surface area (Å²) in [6.45, 7) is 0.400. The molecule has 0 spiro atoms. The number of anilines is 1. The average Bonchev–Trinajstić information content (AvgIpc) is 2.74. The highest BCUT2D eigenvalue weighted by Crippen LogP contribution is 2.32. The van der Waals surface area contributed by atoms with E-state index in [4.69, 9.17) is 23.2 Å². The van der Waals surface area contributed by atoms with Gasteiger partial charge in [-0.1, -0.05) is 96.0 Å². The second-order valence-electron chi connectivity index (χ2n) is 7.05. The number of hydrogen-bond donors (Lipinski definition) is 0. The molecule has 0 saturated carbocycles. The van der Waals surface area contributed by atoms with Gasteiger partial charge < -0.3 is 9.80 Å². The van der Waals surface area contributed by atoms with Gasteiger partial charge >= 0.3 is 0 Å². The van der Waals surface area contributed by atoms with Gasteiger partial charge in [0.05, 0.1) is 6.04 Å². The monoisotopic (exact) mass is 426 g/mol. The predicted molar refractivity (Wildman–Crippen MR) is 122 cm³/mol. The lowest BCUT2D eigenvalue weighted by atomic mass is 9.96. The van der Waals surface area contributed by atoms with Crippen LogP contribution in [0.3, 0.4) is 0 Å². The molecule has 0 N–H and O–H groups in total. The van der Waals surface area contributed by atoms with Crippen molar-refractivity contribution in [3.8, 4) is 0 Å². The third-order valence-corrected chi connectivity index (χ3v) is 5.19. The molecule has 3 aromatic rings. The normalized spacial score (nSPS) is 11.0. The molecular weight excluding hydrogens is 403 g/mol. The molecule has 0 bridgehead atoms. The summed E-state index contributed by atoms with van der Waals surface area (Å²) >= 11 is 12.1. The second kappa shape index (κ2) is 9.82. The van der Waals surface area contributed by atoms with Crippen LogP contribution in [0, 0.1) is 0 Å². The van der Waals surface area contributed by atoms with E-state index < -0.39 is 4.84 Å². The fraction of sp³-hybridized carbons (Fsp3) is 0.208. The Balaban J connectivity index is 2.03. The highest BCUT2D eigenvalue weighted by molar-refractivity contribution is 6.53. The molecule has 0 saturated heterocycles. The summed E-state index contributed by atoms with van der Waals surface area (Å²) in [4.78, 5) is 15.7. The summed E-state index contributed by atoms with van der Waals surface area (Å²) in [6.07, 6.45) is 0. The number of alkyl halides is 2. The van der Waals surface area contributed by atoms with Crippen molar-refractivity contribution in [2.75, 3.05) is 19.0 Å². The van der Waals surface area contributed by atoms with Gasteiger partial charge in [0.1, 0.15) is 0 Å². The molecule has 3 aromatic carbocycles. The summed E-state index contributed by atoms with van der Waals surface area (Å²) in [5.41, 5.74) is 4.12. The minimum Gasteiger partial charge on any atom is -0.378 e. The standard InChI is InChI=1S/C24H24Cl2N2O/c1-27(2)21-15-13-18(14-16-21)17-28(24(29)23(25)26)22(19-9-5-3-6-10-19)20-11-7-4-8-12-20/h3-16,22-23H,17H2,1-2H3. The molecule has 29 heavy (non-hydrogen) atoms. The molecule has 0 aliphatic carbocycles. The van der Waals surface area contributed by atoms with E-state index in [2.05, 4.69) is 0 Å². The molecule has 0 fully saturated rings. The molecule has 0 aliphatic rings. The molecule has 3 nitrogen and oxygen atoms in total. The first-order chi connectivity index (χ1) is 14.0. The molecule has 0 aliphatic heterocycles. The number of nitrogens with zero attached hydrogens (tertiary/aromatic N) is 2. The molecule has 150 valence electrons. The maximum atomic E-state index is 13.1. The van der Waals surface area contributed by atoms with Gasteiger partial charge in [-0.15, -0.1) is 0 Å². The van der Waals surface area contributed by atoms with Crippen LogP contribution in [0.25, 0.3) is 0 Å². The van der Waals surface area contributed by atoms with Crippen molar-refractivity contribution < 1.29 is 4.79 Å². The van der Waals surface area contributed by atoms with Crippen molar-refractivity contribution in [3.63, 3.8) is 0 Å². The van der Waals surface area contributed by atoms with Crippen molar-refractivity contribution >= 4 is 34.8 Å². The number of halogens is 2. The van der Waals surface area contributed by atoms with Crippen LogP contribution in [-0.2, 0) is 11.3 Å². The minimum atomic E-state index is -1.13. The van der Waals surface area contributed by atoms with Gasteiger partial charge in [-0.05, 0) is 28.8 Å². The zero-order valence-electron chi connectivity index (χ0n) is 16.5. The summed E-state index contributed by atoms with van der Waals surface area (Å²) in [5.74, 6) is -0.317. The van der Waals surface area contributed by atoms with E-state index in [1.54, 1.807) is 4.90 Å². The molecule has 1 amide bonds. The zero-order valence-corrected chi connectivity index (χ0v) is 18.0. The van der Waals surface area contributed by atoms with E-state index >= 15 is 0 Å². The van der Waals surface area contributed by atoms with Gasteiger partial charge in [-0.2, -0.15) is 0 Å². The van der Waals surface area contributed by atoms with Crippen LogP contribution in [0.4, 0.5) is 5.69 Å². The number of amides is 1. The van der Waals surface area contributed by atoms with Crippen LogP contribution in [-0.4, -0.2) is 29.7 Å². The van der Waals surface area contributed by atoms with Crippen LogP contribution in [0.1, 0.15) is 22.7 Å². The Bertz CT molecular complexity index is 873. The van der Waals surface area contributed by atoms with Crippen LogP contribution in [0.15, 0.2) is 84.9 Å². The smallest absolute Gasteiger partial charge is 0.256 e. The van der Waals surface area contributed by atoms with Crippen molar-refractivity contribution in [1.82, 2.24) is 4.90 Å². The summed E-state index contributed by atoms with van der Waals surface area (Å²) in [6, 6.07) is 27.7. The lowest BCUT2D eigenvalue weighted by molar-refractivity contribution is -0.131. The summed E-state index contributed by atoms with van der Waals surface area (Å²) in [7, 11) is 3.99. The van der Waals surface area contributed by atoms with E-state index in [0.29, 0.717) is 6.54 Å². The molecule has 0 radical (unpaired) electrons. The van der Waals surface area contributed by atoms with Gasteiger partial charge in [0.25, 0.3) is 5.91 Å². The molecular formula is C24H24Cl2N2O. The van der Waals surface area contributed by atoms with Crippen molar-refractivity contribution in [3.05, 3.63) is 102 Å². The Morgan fingerprint density at radius 3 is 1.69 bits per heavy atom. The first-order valence-corrected chi connectivity index (χ1v) is 10.3. The lowest BCUT2D eigenvalue weighted by Gasteiger charge is -2.33. The molecule has 0 atom stereocenters. The summed E-state index contributed by atoms with van der Waals surface area (Å²) in [5, 5.41) is 0. The Hall–Kier alpha value is -2.49. The minimum absolute atomic E-state index is 0.293. The van der Waals surface area contributed by atoms with E-state index in [0.717, 1.165) is 22.4 Å². The topological polar surface area (TPSA) is 23.6 Å². The summed E-state index contributed by atoms with van der Waals surface area (Å²) < 4.78 is 0. The Kier molecular flexibility index (Phi) is 7.18. The van der Waals surface area contributed by atoms with E-state index in [9.17, 15) is 4.79 Å². The molecule has 0 heterocycles. The molecule has 0 unspecified atom stereocenters. The van der Waals surface area contributed by atoms with Gasteiger partial charge in [-0.25, -0.2) is 0 Å². The highest BCUT2D eigenvalue weighted by Gasteiger charge is 2.30. The van der Waals surface area contributed by atoms with Crippen LogP contribution in [0.5, 0.6) is 0 Å². The zero-order chi connectivity index (χ0) is 20.8. The fourth-order valence-corrected chi connectivity index (χ4v) is 3.59. The quantitative estimate of drug-likeness (QED) is 0.454. The van der Waals surface area contributed by atoms with Gasteiger partial charge in [0, 0.05) is 26.3 Å². The van der Waals surface area contributed by atoms with Gasteiger partial charge in [0.15, 0.2) is 4.84 Å². The number of carbonyl (C=O) groups excluding carboxylic acids is 1. The van der Waals surface area contributed by atoms with Crippen LogP contribution in [0.2, 0.25) is 0 Å². The number of benzene rings is 3. The number of rotatable bonds is 7. The van der Waals surface area contributed by atoms with Gasteiger partial charge in [0.2, 0.25) is 0 Å². The third kappa shape index (κ3) is 5.31. The lowest BCUT2D eigenvalue weighted by Crippen LogP contribution is -2.38. The first-order valence-electron chi connectivity index (χ1n) is 9.42. The average molecular weight is 427 g/mol. The second-order valence-corrected chi connectivity index (χ2v) is 8.15. The Morgan fingerprint density at radius 2 is 1.28 bits per heavy atom. The van der Waals surface area contributed by atoms with Gasteiger partial charge in [-0.3, -0.25) is 4.79 Å². The maximum absolute atomic E-state index is 13.1. The van der Waals surface area contributed by atoms with Crippen molar-refractivity contribution in [1.29, 1.82) is 0 Å². The molecule has 5 heteroatoms. The maximum Gasteiger partial charge on any atom is 0.256 e. The fourth-order valence-electron chi connectivity index (χ4n) is 3.34. The van der Waals surface area contributed by atoms with Crippen LogP contribution < -0.4 is 4.90 Å². The number of carbonyl (C=O) groups is 1. The van der Waals surface area contributed by atoms with E-state index in [-0.39, 0.29) is 11.9 Å². The Morgan fingerprint density at radius 1 is 0.793 bits per heavy atom. The molecule has 3 rings (SSSR count). The van der Waals surface area contributed by atoms with E-state index in [1.807, 2.05) is 104 Å². The predicted octanol–water partition coefficient (Wildman–Crippen LogP) is 5.67. The van der Waals surface area contributed by atoms with Crippen molar-refractivity contribution in [2.24, 2.45) is 0 Å². The van der Waals surface area contributed by atoms with Crippen molar-refractivity contribution in [2.45, 2.75) is 17.4 Å². The Labute approximate surface area is 182 Å². The van der Waals surface area contributed by atoms with E-state index in [1.165, 1.54) is 0 Å². The molecule has 0 aromatic heterocycles. The first kappa shape index (κ1) is 21.2. The highest BCUT2D eigenvalue weighted by atomic mass is 35.5. The van der Waals surface area contributed by atoms with Crippen LogP contribution >= 0.6 is 23.2 Å². The number of hydrogen-bond acceptors (Lipinski definition) is 2. The SMILES string of the molecule is CN(C)c1ccc(CN(C(=O)C(Cl)Cl)C(c2ccccc2)c2ccccc2)cc1.